The van der Waals surface area contributed by atoms with Crippen LogP contribution < -0.4 is 21.5 Å². The number of nitrogens with zero attached hydrogens (tertiary/aromatic N) is 3. The summed E-state index contributed by atoms with van der Waals surface area (Å²) in [6.45, 7) is 6.95. The summed E-state index contributed by atoms with van der Waals surface area (Å²) < 4.78 is 38.2. The van der Waals surface area contributed by atoms with Crippen LogP contribution in [0.15, 0.2) is 30.6 Å². The Morgan fingerprint density at radius 1 is 0.744 bits per heavy atom. The number of nitrogens with two attached hydrogens (primary N) is 2. The molecule has 0 atom stereocenters. The van der Waals surface area contributed by atoms with E-state index < -0.39 is 0 Å². The van der Waals surface area contributed by atoms with Gasteiger partial charge < -0.3 is 54.9 Å². The number of hydrogen-bond donors (Lipinski definition) is 4. The van der Waals surface area contributed by atoms with Crippen molar-refractivity contribution in [3.63, 3.8) is 0 Å². The number of carbonyl (C=O) groups is 1. The van der Waals surface area contributed by atoms with E-state index in [9.17, 15) is 4.79 Å². The van der Waals surface area contributed by atoms with Gasteiger partial charge in [-0.1, -0.05) is 24.3 Å². The van der Waals surface area contributed by atoms with E-state index in [1.54, 1.807) is 0 Å². The lowest BCUT2D eigenvalue weighted by Crippen LogP contribution is -2.24. The minimum absolute atomic E-state index is 0.0861. The molecule has 2 heterocycles. The smallest absolute Gasteiger partial charge is 0.245 e. The number of rotatable bonds is 25. The van der Waals surface area contributed by atoms with Crippen molar-refractivity contribution >= 4 is 23.0 Å². The lowest BCUT2D eigenvalue weighted by atomic mass is 10.1. The van der Waals surface area contributed by atoms with E-state index in [2.05, 4.69) is 25.3 Å². The number of benzene rings is 1. The number of aromatic nitrogens is 4. The third-order valence-corrected chi connectivity index (χ3v) is 5.75. The predicted molar refractivity (Wildman–Crippen MR) is 157 cm³/mol. The lowest BCUT2D eigenvalue weighted by Gasteiger charge is -2.09. The van der Waals surface area contributed by atoms with Crippen LogP contribution in [0, 0.1) is 0 Å². The number of ether oxygens (including phenoxy) is 7. The van der Waals surface area contributed by atoms with Gasteiger partial charge in [0.25, 0.3) is 0 Å². The Labute approximate surface area is 250 Å². The monoisotopic (exact) mass is 605 g/mol. The van der Waals surface area contributed by atoms with E-state index in [4.69, 9.17) is 44.6 Å². The normalized spacial score (nSPS) is 11.3. The Morgan fingerprint density at radius 2 is 1.28 bits per heavy atom. The van der Waals surface area contributed by atoms with Crippen LogP contribution in [0.2, 0.25) is 0 Å². The molecule has 0 saturated heterocycles. The number of imidazole rings is 1. The molecule has 3 rings (SSSR count). The summed E-state index contributed by atoms with van der Waals surface area (Å²) >= 11 is 0. The van der Waals surface area contributed by atoms with Crippen LogP contribution in [0.1, 0.15) is 17.5 Å². The second-order valence-corrected chi connectivity index (χ2v) is 9.08. The first kappa shape index (κ1) is 34.1. The largest absolute Gasteiger partial charge is 0.471 e. The Hall–Kier alpha value is -3.44. The van der Waals surface area contributed by atoms with Gasteiger partial charge in [-0.05, 0) is 11.1 Å². The third kappa shape index (κ3) is 14.5. The maximum atomic E-state index is 12.1. The van der Waals surface area contributed by atoms with Gasteiger partial charge in [-0.25, -0.2) is 4.98 Å². The van der Waals surface area contributed by atoms with E-state index in [1.165, 1.54) is 6.33 Å². The van der Waals surface area contributed by atoms with Crippen LogP contribution in [0.3, 0.4) is 0 Å². The fraction of sp³-hybridized carbons (Fsp3) is 0.571. The summed E-state index contributed by atoms with van der Waals surface area (Å²) in [5, 5.41) is 2.89. The number of H-pyrrole nitrogens is 1. The average molecular weight is 606 g/mol. The molecule has 15 heteroatoms. The first-order chi connectivity index (χ1) is 21.2. The van der Waals surface area contributed by atoms with Gasteiger partial charge in [-0.15, -0.1) is 0 Å². The minimum Gasteiger partial charge on any atom is -0.471 e. The molecule has 0 fully saturated rings. The SMILES string of the molecule is NCCOCCOCCOCCOCCOCCOCCC(=O)NCc1ccc(COc2nc(N)nc3nc[nH]c23)cc1. The molecule has 0 bridgehead atoms. The Morgan fingerprint density at radius 3 is 1.86 bits per heavy atom. The highest BCUT2D eigenvalue weighted by Gasteiger charge is 2.10. The van der Waals surface area contributed by atoms with Crippen LogP contribution in [-0.4, -0.2) is 112 Å². The van der Waals surface area contributed by atoms with Gasteiger partial charge >= 0.3 is 0 Å². The summed E-state index contributed by atoms with van der Waals surface area (Å²) in [6, 6.07) is 7.73. The highest BCUT2D eigenvalue weighted by molar-refractivity contribution is 5.76. The number of nitrogen functional groups attached to an aromatic ring is 1. The summed E-state index contributed by atoms with van der Waals surface area (Å²) in [6.07, 6.45) is 1.78. The first-order valence-electron chi connectivity index (χ1n) is 14.3. The second-order valence-electron chi connectivity index (χ2n) is 9.08. The molecule has 1 aromatic carbocycles. The van der Waals surface area contributed by atoms with Gasteiger partial charge in [0.15, 0.2) is 5.65 Å². The van der Waals surface area contributed by atoms with Crippen LogP contribution >= 0.6 is 0 Å². The molecule has 0 unspecified atom stereocenters. The topological polar surface area (TPSA) is 200 Å². The van der Waals surface area contributed by atoms with Gasteiger partial charge in [0.2, 0.25) is 17.7 Å². The Kier molecular flexibility index (Phi) is 16.9. The van der Waals surface area contributed by atoms with Gasteiger partial charge in [0, 0.05) is 19.5 Å². The lowest BCUT2D eigenvalue weighted by molar-refractivity contribution is -0.122. The second kappa shape index (κ2) is 21.3. The van der Waals surface area contributed by atoms with Crippen molar-refractivity contribution in [2.45, 2.75) is 19.6 Å². The highest BCUT2D eigenvalue weighted by atomic mass is 16.6. The van der Waals surface area contributed by atoms with Crippen LogP contribution in [0.5, 0.6) is 5.88 Å². The van der Waals surface area contributed by atoms with Crippen LogP contribution in [0.4, 0.5) is 5.95 Å². The third-order valence-electron chi connectivity index (χ3n) is 5.75. The van der Waals surface area contributed by atoms with Crippen LogP contribution in [0.25, 0.3) is 11.2 Å². The van der Waals surface area contributed by atoms with Crippen molar-refractivity contribution in [3.8, 4) is 5.88 Å². The van der Waals surface area contributed by atoms with Gasteiger partial charge in [0.1, 0.15) is 12.1 Å². The molecule has 6 N–H and O–H groups in total. The molecule has 0 aliphatic rings. The molecule has 238 valence electrons. The molecule has 0 radical (unpaired) electrons. The van der Waals surface area contributed by atoms with E-state index in [0.29, 0.717) is 116 Å². The standard InChI is InChI=1S/C28H43N7O8/c29-6-8-38-10-12-40-14-16-42-18-17-41-15-13-39-11-9-37-7-5-24(36)31-19-22-1-3-23(4-2-22)20-43-27-25-26(33-21-32-25)34-28(30)35-27/h1-4,21H,5-20,29H2,(H,31,36)(H3,30,32,33,34,35). The highest BCUT2D eigenvalue weighted by Crippen LogP contribution is 2.20. The van der Waals surface area contributed by atoms with E-state index in [1.807, 2.05) is 24.3 Å². The maximum Gasteiger partial charge on any atom is 0.245 e. The number of anilines is 1. The Bertz CT molecular complexity index is 1170. The molecule has 1 amide bonds. The molecule has 43 heavy (non-hydrogen) atoms. The number of fused-ring (bicyclic) bond motifs is 1. The van der Waals surface area contributed by atoms with Crippen molar-refractivity contribution in [3.05, 3.63) is 41.7 Å². The molecule has 15 nitrogen and oxygen atoms in total. The van der Waals surface area contributed by atoms with E-state index >= 15 is 0 Å². The zero-order chi connectivity index (χ0) is 30.4. The molecule has 0 saturated carbocycles. The first-order valence-corrected chi connectivity index (χ1v) is 14.3. The molecular formula is C28H43N7O8. The van der Waals surface area contributed by atoms with Gasteiger partial charge in [0.05, 0.1) is 85.6 Å². The average Bonchev–Trinajstić information content (AvgIpc) is 3.49. The number of carbonyl (C=O) groups excluding carboxylic acids is 1. The van der Waals surface area contributed by atoms with Crippen LogP contribution in [-0.2, 0) is 46.4 Å². The quantitative estimate of drug-likeness (QED) is 0.0978. The molecule has 0 aliphatic carbocycles. The minimum atomic E-state index is -0.0861. The molecule has 3 aromatic rings. The summed E-state index contributed by atoms with van der Waals surface area (Å²) in [5.41, 5.74) is 14.0. The van der Waals surface area contributed by atoms with Gasteiger partial charge in [-0.2, -0.15) is 9.97 Å². The van der Waals surface area contributed by atoms with Crippen molar-refractivity contribution < 1.29 is 38.0 Å². The predicted octanol–water partition coefficient (Wildman–Crippen LogP) is 0.579. The van der Waals surface area contributed by atoms with Crippen molar-refractivity contribution in [1.29, 1.82) is 0 Å². The number of nitrogens with one attached hydrogen (secondary N) is 2. The number of aromatic amines is 1. The maximum absolute atomic E-state index is 12.1. The number of hydrogen-bond acceptors (Lipinski definition) is 13. The fourth-order valence-corrected chi connectivity index (χ4v) is 3.57. The van der Waals surface area contributed by atoms with Crippen molar-refractivity contribution in [2.24, 2.45) is 5.73 Å². The van der Waals surface area contributed by atoms with Crippen molar-refractivity contribution in [1.82, 2.24) is 25.3 Å². The molecule has 0 spiro atoms. The summed E-state index contributed by atoms with van der Waals surface area (Å²) in [7, 11) is 0. The summed E-state index contributed by atoms with van der Waals surface area (Å²) in [5.74, 6) is 0.353. The Balaban J connectivity index is 1.10. The zero-order valence-corrected chi connectivity index (χ0v) is 24.5. The van der Waals surface area contributed by atoms with E-state index in [0.717, 1.165) is 11.1 Å². The fourth-order valence-electron chi connectivity index (χ4n) is 3.57. The number of amides is 1. The van der Waals surface area contributed by atoms with Gasteiger partial charge in [-0.3, -0.25) is 4.79 Å². The summed E-state index contributed by atoms with van der Waals surface area (Å²) in [4.78, 5) is 27.3. The molecule has 2 aromatic heterocycles. The van der Waals surface area contributed by atoms with E-state index in [-0.39, 0.29) is 18.3 Å². The zero-order valence-electron chi connectivity index (χ0n) is 24.5. The van der Waals surface area contributed by atoms with Crippen molar-refractivity contribution in [2.75, 3.05) is 91.6 Å². The molecular weight excluding hydrogens is 562 g/mol. The molecule has 0 aliphatic heterocycles.